The molecule has 11 rings (SSSR count). The van der Waals surface area contributed by atoms with Crippen LogP contribution < -0.4 is 0 Å². The highest BCUT2D eigenvalue weighted by atomic mass is 15.0. The molecule has 72 heavy (non-hydrogen) atoms. The lowest BCUT2D eigenvalue weighted by Crippen LogP contribution is -1.94. The van der Waals surface area contributed by atoms with Crippen molar-refractivity contribution >= 4 is 27.4 Å². The number of aromatic nitrogens is 1. The molecule has 1 aromatic heterocycles. The number of aryl methyl sites for hydroxylation is 5. The van der Waals surface area contributed by atoms with Crippen molar-refractivity contribution in [2.24, 2.45) is 0 Å². The molecule has 10 aromatic rings. The average molecular weight is 940 g/mol. The Bertz CT molecular complexity index is 3370. The molecule has 0 bridgehead atoms. The second-order valence-electron chi connectivity index (χ2n) is 18.3. The van der Waals surface area contributed by atoms with Gasteiger partial charge in [0.1, 0.15) is 0 Å². The van der Waals surface area contributed by atoms with Gasteiger partial charge in [0.15, 0.2) is 0 Å². The Morgan fingerprint density at radius 2 is 0.792 bits per heavy atom. The second-order valence-corrected chi connectivity index (χ2v) is 18.3. The van der Waals surface area contributed by atoms with Crippen LogP contribution in [-0.2, 0) is 6.42 Å². The molecule has 1 aliphatic rings. The zero-order chi connectivity index (χ0) is 51.0. The van der Waals surface area contributed by atoms with Gasteiger partial charge in [0.25, 0.3) is 0 Å². The lowest BCUT2D eigenvalue weighted by Gasteiger charge is -2.14. The summed E-state index contributed by atoms with van der Waals surface area (Å²) in [7, 11) is 0. The molecule has 9 aromatic carbocycles. The topological polar surface area (TPSA) is 4.93 Å². The Kier molecular flexibility index (Phi) is 18.4. The van der Waals surface area contributed by atoms with Gasteiger partial charge in [-0.2, -0.15) is 0 Å². The summed E-state index contributed by atoms with van der Waals surface area (Å²) in [5.74, 6) is 0. The number of benzene rings is 9. The van der Waals surface area contributed by atoms with Crippen LogP contribution in [0.25, 0.3) is 66.4 Å². The van der Waals surface area contributed by atoms with Crippen molar-refractivity contribution in [1.29, 1.82) is 0 Å². The maximum absolute atomic E-state index is 2.38. The van der Waals surface area contributed by atoms with E-state index in [0.717, 1.165) is 6.42 Å². The molecular weight excluding hydrogens is 867 g/mol. The van der Waals surface area contributed by atoms with E-state index >= 15 is 0 Å². The molecule has 0 unspecified atom stereocenters. The molecule has 0 fully saturated rings. The summed E-state index contributed by atoms with van der Waals surface area (Å²) in [4.78, 5) is 0. The molecule has 0 aliphatic heterocycles. The summed E-state index contributed by atoms with van der Waals surface area (Å²) in [5, 5.41) is 2.60. The Morgan fingerprint density at radius 3 is 1.33 bits per heavy atom. The monoisotopic (exact) mass is 940 g/mol. The van der Waals surface area contributed by atoms with Crippen molar-refractivity contribution in [3.05, 3.63) is 275 Å². The average Bonchev–Trinajstić information content (AvgIpc) is 3.75. The molecule has 0 radical (unpaired) electrons. The second kappa shape index (κ2) is 25.4. The van der Waals surface area contributed by atoms with Crippen molar-refractivity contribution in [1.82, 2.24) is 4.57 Å². The van der Waals surface area contributed by atoms with Gasteiger partial charge >= 0.3 is 0 Å². The molecule has 0 N–H and O–H groups in total. The first-order chi connectivity index (χ1) is 35.2. The van der Waals surface area contributed by atoms with Crippen molar-refractivity contribution in [2.75, 3.05) is 0 Å². The van der Waals surface area contributed by atoms with Crippen LogP contribution in [0.2, 0.25) is 0 Å². The summed E-state index contributed by atoms with van der Waals surface area (Å²) in [6.07, 6.45) is 7.98. The molecule has 1 heterocycles. The molecule has 1 nitrogen and oxygen atoms in total. The maximum Gasteiger partial charge on any atom is 0.0541 e. The number of rotatable bonds is 7. The summed E-state index contributed by atoms with van der Waals surface area (Å²) in [6.45, 7) is 21.0. The lowest BCUT2D eigenvalue weighted by atomic mass is 9.90. The molecule has 1 aliphatic carbocycles. The standard InChI is InChI=1S/C39H31N.C14H16.C14H14.2C2H6/c1-27-15-24-39-37(25-27)36-13-7-8-14-38(36)40(39)33-22-20-31(21-23-33)30-18-16-29(17-19-30)26-32-10-4-6-12-35(32)34-11-5-3-9-28(34)2;2*1-11-7-3-5-9-13(11)14-10-6-4-8-12(14)2;2*1-2/h3-25H,26H2,1-2H3;3,5,7-10H,4,6H2,1-2H3;3-10H,1-2H3;2*1-2H3. The van der Waals surface area contributed by atoms with E-state index in [0.29, 0.717) is 0 Å². The zero-order valence-electron chi connectivity index (χ0n) is 44.4. The summed E-state index contributed by atoms with van der Waals surface area (Å²) >= 11 is 0. The number of allylic oxidation sites excluding steroid dienone is 4. The smallest absolute Gasteiger partial charge is 0.0541 e. The fourth-order valence-electron chi connectivity index (χ4n) is 9.76. The molecular formula is C71H73N. The van der Waals surface area contributed by atoms with Gasteiger partial charge in [-0.25, -0.2) is 0 Å². The minimum absolute atomic E-state index is 0.914. The fourth-order valence-corrected chi connectivity index (χ4v) is 9.76. The van der Waals surface area contributed by atoms with Crippen molar-refractivity contribution < 1.29 is 0 Å². The van der Waals surface area contributed by atoms with Crippen LogP contribution in [0.5, 0.6) is 0 Å². The Morgan fingerprint density at radius 1 is 0.361 bits per heavy atom. The van der Waals surface area contributed by atoms with E-state index in [1.54, 1.807) is 0 Å². The molecule has 0 spiro atoms. The molecule has 0 atom stereocenters. The SMILES string of the molecule is CC.CC.CC1=CCCC=C1c1ccccc1C.Cc1ccc2c(c1)c1ccccc1n2-c1ccc(-c2ccc(Cc3ccccc3-c3ccccc3C)cc2)cc1.Cc1ccccc1-c1ccccc1C. The summed E-state index contributed by atoms with van der Waals surface area (Å²) < 4.78 is 2.38. The van der Waals surface area contributed by atoms with Crippen molar-refractivity contribution in [2.45, 2.75) is 88.5 Å². The largest absolute Gasteiger partial charge is 0.309 e. The minimum Gasteiger partial charge on any atom is -0.309 e. The lowest BCUT2D eigenvalue weighted by molar-refractivity contribution is 1.02. The van der Waals surface area contributed by atoms with Crippen LogP contribution >= 0.6 is 0 Å². The van der Waals surface area contributed by atoms with Crippen molar-refractivity contribution in [3.63, 3.8) is 0 Å². The Balaban J connectivity index is 0.000000193. The van der Waals surface area contributed by atoms with E-state index in [-0.39, 0.29) is 0 Å². The van der Waals surface area contributed by atoms with Gasteiger partial charge in [-0.3, -0.25) is 0 Å². The van der Waals surface area contributed by atoms with Gasteiger partial charge in [-0.1, -0.05) is 227 Å². The van der Waals surface area contributed by atoms with Gasteiger partial charge in [-0.15, -0.1) is 0 Å². The van der Waals surface area contributed by atoms with E-state index in [4.69, 9.17) is 0 Å². The van der Waals surface area contributed by atoms with E-state index in [1.807, 2.05) is 27.7 Å². The maximum atomic E-state index is 2.38. The first kappa shape index (κ1) is 52.1. The van der Waals surface area contributed by atoms with E-state index in [2.05, 4.69) is 271 Å². The normalized spacial score (nSPS) is 11.6. The number of hydrogen-bond donors (Lipinski definition) is 0. The van der Waals surface area contributed by atoms with Gasteiger partial charge in [0, 0.05) is 16.5 Å². The van der Waals surface area contributed by atoms with Gasteiger partial charge in [-0.05, 0) is 175 Å². The highest BCUT2D eigenvalue weighted by Gasteiger charge is 2.13. The van der Waals surface area contributed by atoms with Gasteiger partial charge in [0.2, 0.25) is 0 Å². The van der Waals surface area contributed by atoms with Crippen LogP contribution in [0.1, 0.15) is 92.0 Å². The molecule has 0 amide bonds. The highest BCUT2D eigenvalue weighted by Crippen LogP contribution is 2.35. The number of fused-ring (bicyclic) bond motifs is 3. The summed E-state index contributed by atoms with van der Waals surface area (Å²) in [5.41, 5.74) is 25.0. The summed E-state index contributed by atoms with van der Waals surface area (Å²) in [6, 6.07) is 76.5. The van der Waals surface area contributed by atoms with Crippen LogP contribution in [0, 0.1) is 34.6 Å². The van der Waals surface area contributed by atoms with Crippen molar-refractivity contribution in [3.8, 4) is 39.1 Å². The molecule has 362 valence electrons. The highest BCUT2D eigenvalue weighted by molar-refractivity contribution is 6.09. The minimum atomic E-state index is 0.914. The molecule has 0 saturated carbocycles. The molecule has 1 heteroatoms. The van der Waals surface area contributed by atoms with Crippen LogP contribution in [0.15, 0.2) is 230 Å². The third-order valence-electron chi connectivity index (χ3n) is 13.5. The van der Waals surface area contributed by atoms with Crippen LogP contribution in [0.4, 0.5) is 0 Å². The molecule has 0 saturated heterocycles. The Hall–Kier alpha value is -7.74. The number of nitrogens with zero attached hydrogens (tertiary/aromatic N) is 1. The van der Waals surface area contributed by atoms with E-state index in [1.165, 1.54) is 129 Å². The first-order valence-corrected chi connectivity index (χ1v) is 26.1. The third-order valence-corrected chi connectivity index (χ3v) is 13.5. The van der Waals surface area contributed by atoms with Crippen LogP contribution in [-0.4, -0.2) is 4.57 Å². The first-order valence-electron chi connectivity index (χ1n) is 26.1. The van der Waals surface area contributed by atoms with Gasteiger partial charge < -0.3 is 4.57 Å². The fraction of sp³-hybridized carbons (Fsp3) is 0.183. The zero-order valence-corrected chi connectivity index (χ0v) is 44.4. The predicted molar refractivity (Wildman–Crippen MR) is 317 cm³/mol. The number of hydrogen-bond acceptors (Lipinski definition) is 0. The quantitative estimate of drug-likeness (QED) is 0.150. The predicted octanol–water partition coefficient (Wildman–Crippen LogP) is 20.5. The third kappa shape index (κ3) is 12.2. The van der Waals surface area contributed by atoms with E-state index < -0.39 is 0 Å². The van der Waals surface area contributed by atoms with E-state index in [9.17, 15) is 0 Å². The van der Waals surface area contributed by atoms with Crippen LogP contribution in [0.3, 0.4) is 0 Å². The van der Waals surface area contributed by atoms with Gasteiger partial charge in [0.05, 0.1) is 11.0 Å². The number of para-hydroxylation sites is 1. The Labute approximate surface area is 431 Å².